The van der Waals surface area contributed by atoms with E-state index < -0.39 is 0 Å². The van der Waals surface area contributed by atoms with Crippen molar-refractivity contribution in [1.82, 2.24) is 15.1 Å². The number of benzene rings is 1. The Morgan fingerprint density at radius 1 is 1.17 bits per heavy atom. The maximum absolute atomic E-state index is 12.0. The lowest BCUT2D eigenvalue weighted by Gasteiger charge is -2.33. The first kappa shape index (κ1) is 17.3. The van der Waals surface area contributed by atoms with E-state index in [0.29, 0.717) is 26.2 Å². The van der Waals surface area contributed by atoms with Gasteiger partial charge in [0.05, 0.1) is 13.7 Å². The van der Waals surface area contributed by atoms with Crippen molar-refractivity contribution < 1.29 is 14.3 Å². The van der Waals surface area contributed by atoms with Gasteiger partial charge >= 0.3 is 0 Å². The van der Waals surface area contributed by atoms with Crippen LogP contribution >= 0.6 is 0 Å². The molecule has 1 aliphatic rings. The number of hydrogen-bond donors (Lipinski definition) is 1. The van der Waals surface area contributed by atoms with Crippen LogP contribution in [0.5, 0.6) is 5.75 Å². The summed E-state index contributed by atoms with van der Waals surface area (Å²) in [5.74, 6) is 0.976. The standard InChI is InChI=1S/C17H25N3O3/c1-14(21)20-11-9-19(10-12-20)13-17(22)18-8-7-15-5-3-4-6-16(15)23-2/h3-6H,7-13H2,1-2H3,(H,18,22). The number of rotatable bonds is 6. The number of methoxy groups -OCH3 is 1. The zero-order chi connectivity index (χ0) is 16.7. The van der Waals surface area contributed by atoms with Crippen LogP contribution in [-0.4, -0.2) is 68.0 Å². The summed E-state index contributed by atoms with van der Waals surface area (Å²) in [5, 5.41) is 2.95. The maximum Gasteiger partial charge on any atom is 0.234 e. The zero-order valence-corrected chi connectivity index (χ0v) is 13.9. The largest absolute Gasteiger partial charge is 0.496 e. The smallest absolute Gasteiger partial charge is 0.234 e. The average Bonchev–Trinajstić information content (AvgIpc) is 2.55. The second kappa shape index (κ2) is 8.53. The third-order valence-corrected chi connectivity index (χ3v) is 4.09. The van der Waals surface area contributed by atoms with Gasteiger partial charge in [-0.2, -0.15) is 0 Å². The van der Waals surface area contributed by atoms with Gasteiger partial charge in [0.15, 0.2) is 0 Å². The van der Waals surface area contributed by atoms with Crippen molar-refractivity contribution >= 4 is 11.8 Å². The molecule has 1 saturated heterocycles. The van der Waals surface area contributed by atoms with Crippen molar-refractivity contribution in [1.29, 1.82) is 0 Å². The van der Waals surface area contributed by atoms with E-state index >= 15 is 0 Å². The number of nitrogens with one attached hydrogen (secondary N) is 1. The van der Waals surface area contributed by atoms with Crippen LogP contribution in [0.15, 0.2) is 24.3 Å². The monoisotopic (exact) mass is 319 g/mol. The molecular formula is C17H25N3O3. The van der Waals surface area contributed by atoms with Gasteiger partial charge in [-0.25, -0.2) is 0 Å². The minimum Gasteiger partial charge on any atom is -0.496 e. The molecule has 0 radical (unpaired) electrons. The summed E-state index contributed by atoms with van der Waals surface area (Å²) in [6, 6.07) is 7.83. The van der Waals surface area contributed by atoms with Gasteiger partial charge in [0.1, 0.15) is 5.75 Å². The Kier molecular flexibility index (Phi) is 6.40. The molecule has 0 saturated carbocycles. The molecule has 0 aliphatic carbocycles. The Bertz CT molecular complexity index is 540. The van der Waals surface area contributed by atoms with Gasteiger partial charge < -0.3 is 15.0 Å². The van der Waals surface area contributed by atoms with E-state index in [4.69, 9.17) is 4.74 Å². The highest BCUT2D eigenvalue weighted by atomic mass is 16.5. The SMILES string of the molecule is COc1ccccc1CCNC(=O)CN1CCN(C(C)=O)CC1. The predicted octanol–water partition coefficient (Wildman–Crippen LogP) is 0.518. The van der Waals surface area contributed by atoms with Gasteiger partial charge in [-0.1, -0.05) is 18.2 Å². The van der Waals surface area contributed by atoms with E-state index in [2.05, 4.69) is 10.2 Å². The Balaban J connectivity index is 1.69. The summed E-state index contributed by atoms with van der Waals surface area (Å²) >= 11 is 0. The number of carbonyl (C=O) groups excluding carboxylic acids is 2. The highest BCUT2D eigenvalue weighted by Crippen LogP contribution is 2.17. The Morgan fingerprint density at radius 2 is 1.87 bits per heavy atom. The summed E-state index contributed by atoms with van der Waals surface area (Å²) in [5.41, 5.74) is 1.09. The molecule has 1 fully saturated rings. The highest BCUT2D eigenvalue weighted by Gasteiger charge is 2.20. The topological polar surface area (TPSA) is 61.9 Å². The van der Waals surface area contributed by atoms with Crippen molar-refractivity contribution in [2.75, 3.05) is 46.4 Å². The fraction of sp³-hybridized carbons (Fsp3) is 0.529. The summed E-state index contributed by atoms with van der Waals surface area (Å²) in [6.07, 6.45) is 0.744. The first-order chi connectivity index (χ1) is 11.1. The summed E-state index contributed by atoms with van der Waals surface area (Å²) in [4.78, 5) is 27.2. The third-order valence-electron chi connectivity index (χ3n) is 4.09. The van der Waals surface area contributed by atoms with Crippen LogP contribution in [0.3, 0.4) is 0 Å². The number of nitrogens with zero attached hydrogens (tertiary/aromatic N) is 2. The number of carbonyl (C=O) groups is 2. The molecule has 2 amide bonds. The molecule has 2 rings (SSSR count). The van der Waals surface area contributed by atoms with Crippen molar-refractivity contribution in [3.8, 4) is 5.75 Å². The Hall–Kier alpha value is -2.08. The quantitative estimate of drug-likeness (QED) is 0.830. The average molecular weight is 319 g/mol. The maximum atomic E-state index is 12.0. The fourth-order valence-corrected chi connectivity index (χ4v) is 2.73. The molecule has 6 heteroatoms. The highest BCUT2D eigenvalue weighted by molar-refractivity contribution is 5.78. The molecule has 1 heterocycles. The number of amides is 2. The summed E-state index contributed by atoms with van der Waals surface area (Å²) < 4.78 is 5.30. The molecule has 126 valence electrons. The van der Waals surface area contributed by atoms with Crippen LogP contribution in [0.2, 0.25) is 0 Å². The van der Waals surface area contributed by atoms with Crippen molar-refractivity contribution in [2.45, 2.75) is 13.3 Å². The summed E-state index contributed by atoms with van der Waals surface area (Å²) in [7, 11) is 1.65. The van der Waals surface area contributed by atoms with Gasteiger partial charge in [-0.15, -0.1) is 0 Å². The van der Waals surface area contributed by atoms with E-state index in [1.165, 1.54) is 0 Å². The molecule has 0 spiro atoms. The minimum atomic E-state index is 0.0242. The van der Waals surface area contributed by atoms with Gasteiger partial charge in [0, 0.05) is 39.6 Å². The molecule has 1 aromatic rings. The first-order valence-electron chi connectivity index (χ1n) is 7.96. The molecule has 0 bridgehead atoms. The second-order valence-electron chi connectivity index (χ2n) is 5.69. The van der Waals surface area contributed by atoms with Crippen LogP contribution < -0.4 is 10.1 Å². The third kappa shape index (κ3) is 5.25. The molecule has 1 N–H and O–H groups in total. The van der Waals surface area contributed by atoms with E-state index in [9.17, 15) is 9.59 Å². The molecule has 1 aliphatic heterocycles. The Labute approximate surface area is 137 Å². The molecule has 6 nitrogen and oxygen atoms in total. The molecule has 23 heavy (non-hydrogen) atoms. The first-order valence-corrected chi connectivity index (χ1v) is 7.96. The summed E-state index contributed by atoms with van der Waals surface area (Å²) in [6.45, 7) is 5.46. The van der Waals surface area contributed by atoms with E-state index in [0.717, 1.165) is 30.8 Å². The van der Waals surface area contributed by atoms with Crippen LogP contribution in [0.25, 0.3) is 0 Å². The lowest BCUT2D eigenvalue weighted by molar-refractivity contribution is -0.131. The van der Waals surface area contributed by atoms with Gasteiger partial charge in [0.2, 0.25) is 11.8 Å². The van der Waals surface area contributed by atoms with Crippen molar-refractivity contribution in [3.05, 3.63) is 29.8 Å². The zero-order valence-electron chi connectivity index (χ0n) is 13.9. The number of hydrogen-bond acceptors (Lipinski definition) is 4. The number of para-hydroxylation sites is 1. The van der Waals surface area contributed by atoms with Crippen LogP contribution in [-0.2, 0) is 16.0 Å². The molecule has 0 unspecified atom stereocenters. The fourth-order valence-electron chi connectivity index (χ4n) is 2.73. The molecular weight excluding hydrogens is 294 g/mol. The van der Waals surface area contributed by atoms with E-state index in [1.54, 1.807) is 14.0 Å². The van der Waals surface area contributed by atoms with Gasteiger partial charge in [-0.3, -0.25) is 14.5 Å². The van der Waals surface area contributed by atoms with Gasteiger partial charge in [-0.05, 0) is 18.1 Å². The normalized spacial score (nSPS) is 15.3. The van der Waals surface area contributed by atoms with Crippen molar-refractivity contribution in [3.63, 3.8) is 0 Å². The minimum absolute atomic E-state index is 0.0242. The molecule has 0 atom stereocenters. The van der Waals surface area contributed by atoms with Crippen LogP contribution in [0.1, 0.15) is 12.5 Å². The predicted molar refractivity (Wildman–Crippen MR) is 88.4 cm³/mol. The second-order valence-corrected chi connectivity index (χ2v) is 5.69. The number of ether oxygens (including phenoxy) is 1. The Morgan fingerprint density at radius 3 is 2.52 bits per heavy atom. The number of piperazine rings is 1. The van der Waals surface area contributed by atoms with Crippen molar-refractivity contribution in [2.24, 2.45) is 0 Å². The van der Waals surface area contributed by atoms with E-state index in [-0.39, 0.29) is 11.8 Å². The van der Waals surface area contributed by atoms with Crippen LogP contribution in [0, 0.1) is 0 Å². The van der Waals surface area contributed by atoms with Gasteiger partial charge in [0.25, 0.3) is 0 Å². The lowest BCUT2D eigenvalue weighted by Crippen LogP contribution is -2.50. The molecule has 1 aromatic carbocycles. The van der Waals surface area contributed by atoms with E-state index in [1.807, 2.05) is 29.2 Å². The molecule has 0 aromatic heterocycles. The lowest BCUT2D eigenvalue weighted by atomic mass is 10.1. The van der Waals surface area contributed by atoms with Crippen LogP contribution in [0.4, 0.5) is 0 Å².